The first-order valence-electron chi connectivity index (χ1n) is 7.08. The zero-order valence-corrected chi connectivity index (χ0v) is 12.3. The van der Waals surface area contributed by atoms with Crippen LogP contribution in [0.3, 0.4) is 0 Å². The minimum Gasteiger partial charge on any atom is -0.496 e. The molecule has 1 aromatic heterocycles. The highest BCUT2D eigenvalue weighted by Crippen LogP contribution is 2.16. The first-order chi connectivity index (χ1) is 10.8. The van der Waals surface area contributed by atoms with Gasteiger partial charge in [-0.3, -0.25) is 4.79 Å². The molecule has 1 heterocycles. The van der Waals surface area contributed by atoms with Crippen molar-refractivity contribution in [3.63, 3.8) is 0 Å². The molecule has 5 nitrogen and oxygen atoms in total. The number of ether oxygens (including phenoxy) is 1. The Morgan fingerprint density at radius 3 is 2.73 bits per heavy atom. The number of H-pyrrole nitrogens is 1. The molecule has 22 heavy (non-hydrogen) atoms. The van der Waals surface area contributed by atoms with Crippen molar-refractivity contribution in [2.45, 2.75) is 13.1 Å². The average Bonchev–Trinajstić information content (AvgIpc) is 2.55. The summed E-state index contributed by atoms with van der Waals surface area (Å²) in [5, 5.41) is 3.88. The van der Waals surface area contributed by atoms with E-state index < -0.39 is 0 Å². The number of para-hydroxylation sites is 2. The van der Waals surface area contributed by atoms with Crippen LogP contribution >= 0.6 is 0 Å². The minimum atomic E-state index is -0.111. The topological polar surface area (TPSA) is 67.0 Å². The zero-order chi connectivity index (χ0) is 15.4. The molecule has 0 aliphatic rings. The number of fused-ring (bicyclic) bond motifs is 1. The van der Waals surface area contributed by atoms with Crippen molar-refractivity contribution in [2.24, 2.45) is 0 Å². The van der Waals surface area contributed by atoms with Crippen molar-refractivity contribution in [1.29, 1.82) is 0 Å². The van der Waals surface area contributed by atoms with Crippen LogP contribution in [0.25, 0.3) is 10.9 Å². The lowest BCUT2D eigenvalue weighted by Crippen LogP contribution is -2.19. The highest BCUT2D eigenvalue weighted by molar-refractivity contribution is 5.77. The van der Waals surface area contributed by atoms with Crippen LogP contribution in [0.4, 0.5) is 0 Å². The summed E-state index contributed by atoms with van der Waals surface area (Å²) in [5.74, 6) is 1.47. The van der Waals surface area contributed by atoms with Gasteiger partial charge in [0, 0.05) is 12.1 Å². The van der Waals surface area contributed by atoms with Crippen LogP contribution in [0.2, 0.25) is 0 Å². The predicted molar refractivity (Wildman–Crippen MR) is 85.9 cm³/mol. The predicted octanol–water partition coefficient (Wildman–Crippen LogP) is 2.22. The number of aromatic amines is 1. The number of nitrogens with one attached hydrogen (secondary N) is 2. The number of nitrogens with zero attached hydrogens (tertiary/aromatic N) is 1. The van der Waals surface area contributed by atoms with E-state index in [0.717, 1.165) is 11.3 Å². The molecule has 0 aliphatic heterocycles. The molecule has 0 unspecified atom stereocenters. The van der Waals surface area contributed by atoms with Crippen molar-refractivity contribution in [2.75, 3.05) is 7.11 Å². The third kappa shape index (κ3) is 2.99. The maximum Gasteiger partial charge on any atom is 0.258 e. The maximum absolute atomic E-state index is 12.0. The van der Waals surface area contributed by atoms with Crippen LogP contribution in [0.15, 0.2) is 53.3 Å². The second kappa shape index (κ2) is 6.41. The van der Waals surface area contributed by atoms with Gasteiger partial charge < -0.3 is 15.0 Å². The van der Waals surface area contributed by atoms with Crippen molar-refractivity contribution in [1.82, 2.24) is 15.3 Å². The number of benzene rings is 2. The largest absolute Gasteiger partial charge is 0.496 e. The molecular weight excluding hydrogens is 278 g/mol. The number of hydrogen-bond donors (Lipinski definition) is 2. The van der Waals surface area contributed by atoms with Gasteiger partial charge in [0.15, 0.2) is 0 Å². The fraction of sp³-hybridized carbons (Fsp3) is 0.176. The van der Waals surface area contributed by atoms with Gasteiger partial charge in [0.25, 0.3) is 5.56 Å². The summed E-state index contributed by atoms with van der Waals surface area (Å²) >= 11 is 0. The second-order valence-electron chi connectivity index (χ2n) is 4.95. The summed E-state index contributed by atoms with van der Waals surface area (Å²) < 4.78 is 5.31. The van der Waals surface area contributed by atoms with Gasteiger partial charge in [-0.25, -0.2) is 4.98 Å². The molecule has 3 rings (SSSR count). The Morgan fingerprint density at radius 1 is 1.09 bits per heavy atom. The second-order valence-corrected chi connectivity index (χ2v) is 4.95. The Kier molecular flexibility index (Phi) is 4.16. The number of aromatic nitrogens is 2. The third-order valence-corrected chi connectivity index (χ3v) is 3.46. The van der Waals surface area contributed by atoms with Crippen LogP contribution in [0.1, 0.15) is 11.4 Å². The van der Waals surface area contributed by atoms with E-state index in [0.29, 0.717) is 29.8 Å². The molecule has 112 valence electrons. The Labute approximate surface area is 128 Å². The van der Waals surface area contributed by atoms with E-state index >= 15 is 0 Å². The lowest BCUT2D eigenvalue weighted by molar-refractivity contribution is 0.407. The fourth-order valence-electron chi connectivity index (χ4n) is 2.38. The Hall–Kier alpha value is -2.66. The van der Waals surface area contributed by atoms with Crippen molar-refractivity contribution >= 4 is 10.9 Å². The highest BCUT2D eigenvalue weighted by atomic mass is 16.5. The molecule has 0 saturated heterocycles. The molecule has 5 heteroatoms. The summed E-state index contributed by atoms with van der Waals surface area (Å²) in [6.45, 7) is 1.12. The minimum absolute atomic E-state index is 0.111. The molecule has 0 amide bonds. The summed E-state index contributed by atoms with van der Waals surface area (Å²) in [6.07, 6.45) is 0. The zero-order valence-electron chi connectivity index (χ0n) is 12.3. The van der Waals surface area contributed by atoms with Gasteiger partial charge in [0.2, 0.25) is 0 Å². The Morgan fingerprint density at radius 2 is 1.86 bits per heavy atom. The van der Waals surface area contributed by atoms with Crippen LogP contribution in [-0.4, -0.2) is 17.1 Å². The van der Waals surface area contributed by atoms with E-state index in [-0.39, 0.29) is 5.56 Å². The standard InChI is InChI=1S/C17H17N3O2/c1-22-15-9-5-2-6-12(15)10-18-11-16-19-14-8-4-3-7-13(14)17(21)20-16/h2-9,18H,10-11H2,1H3,(H,19,20,21). The molecule has 3 aromatic rings. The first-order valence-corrected chi connectivity index (χ1v) is 7.08. The third-order valence-electron chi connectivity index (χ3n) is 3.46. The lowest BCUT2D eigenvalue weighted by Gasteiger charge is -2.09. The van der Waals surface area contributed by atoms with E-state index in [1.54, 1.807) is 13.2 Å². The van der Waals surface area contributed by atoms with Gasteiger partial charge in [-0.05, 0) is 18.2 Å². The van der Waals surface area contributed by atoms with E-state index in [9.17, 15) is 4.79 Å². The van der Waals surface area contributed by atoms with Gasteiger partial charge in [0.05, 0.1) is 24.6 Å². The summed E-state index contributed by atoms with van der Waals surface area (Å²) in [6, 6.07) is 15.1. The van der Waals surface area contributed by atoms with Crippen LogP contribution in [0.5, 0.6) is 5.75 Å². The monoisotopic (exact) mass is 295 g/mol. The normalized spacial score (nSPS) is 10.8. The molecule has 0 fully saturated rings. The van der Waals surface area contributed by atoms with Crippen molar-refractivity contribution in [3.05, 3.63) is 70.3 Å². The molecule has 2 N–H and O–H groups in total. The van der Waals surface area contributed by atoms with Gasteiger partial charge in [-0.15, -0.1) is 0 Å². The first kappa shape index (κ1) is 14.3. The van der Waals surface area contributed by atoms with E-state index in [1.165, 1.54) is 0 Å². The molecule has 0 atom stereocenters. The highest BCUT2D eigenvalue weighted by Gasteiger charge is 2.04. The Balaban J connectivity index is 1.73. The van der Waals surface area contributed by atoms with Crippen molar-refractivity contribution in [3.8, 4) is 5.75 Å². The molecule has 0 spiro atoms. The average molecular weight is 295 g/mol. The molecule has 0 bridgehead atoms. The quantitative estimate of drug-likeness (QED) is 0.757. The Bertz CT molecular complexity index is 842. The maximum atomic E-state index is 12.0. The van der Waals surface area contributed by atoms with E-state index in [2.05, 4.69) is 15.3 Å². The molecule has 0 radical (unpaired) electrons. The van der Waals surface area contributed by atoms with E-state index in [1.807, 2.05) is 42.5 Å². The fourth-order valence-corrected chi connectivity index (χ4v) is 2.38. The SMILES string of the molecule is COc1ccccc1CNCc1nc2ccccc2c(=O)[nH]1. The van der Waals surface area contributed by atoms with Gasteiger partial charge >= 0.3 is 0 Å². The summed E-state index contributed by atoms with van der Waals surface area (Å²) in [4.78, 5) is 19.3. The van der Waals surface area contributed by atoms with Crippen LogP contribution < -0.4 is 15.6 Å². The lowest BCUT2D eigenvalue weighted by atomic mass is 10.2. The molecule has 0 saturated carbocycles. The van der Waals surface area contributed by atoms with E-state index in [4.69, 9.17) is 4.74 Å². The number of hydrogen-bond acceptors (Lipinski definition) is 4. The van der Waals surface area contributed by atoms with Crippen molar-refractivity contribution < 1.29 is 4.74 Å². The summed E-state index contributed by atoms with van der Waals surface area (Å²) in [7, 11) is 1.65. The molecule has 0 aliphatic carbocycles. The van der Waals surface area contributed by atoms with Crippen LogP contribution in [0, 0.1) is 0 Å². The summed E-state index contributed by atoms with van der Waals surface area (Å²) in [5.41, 5.74) is 1.66. The van der Waals surface area contributed by atoms with Gasteiger partial charge in [-0.1, -0.05) is 30.3 Å². The smallest absolute Gasteiger partial charge is 0.258 e. The van der Waals surface area contributed by atoms with Gasteiger partial charge in [-0.2, -0.15) is 0 Å². The number of methoxy groups -OCH3 is 1. The van der Waals surface area contributed by atoms with Gasteiger partial charge in [0.1, 0.15) is 11.6 Å². The molecular formula is C17H17N3O2. The number of rotatable bonds is 5. The molecule has 2 aromatic carbocycles. The van der Waals surface area contributed by atoms with Crippen LogP contribution in [-0.2, 0) is 13.1 Å².